The zero-order valence-electron chi connectivity index (χ0n) is 34.4. The van der Waals surface area contributed by atoms with Crippen LogP contribution in [-0.2, 0) is 0 Å². The Balaban J connectivity index is 0.882. The SMILES string of the molecule is c1ccc(-c2ccc(N(c3ccc(-c4ccccc4)cc3)c3ccc(-c4ccc5c(c4)c4ccccc4n5-c4ccc(-c5ccc6oc7ccccc7c6c5)cc4)cc3)cc2)cc1. The van der Waals surface area contributed by atoms with Crippen molar-refractivity contribution in [3.8, 4) is 50.2 Å². The van der Waals surface area contributed by atoms with Crippen LogP contribution in [-0.4, -0.2) is 4.57 Å². The summed E-state index contributed by atoms with van der Waals surface area (Å²) in [6, 6.07) is 87.1. The topological polar surface area (TPSA) is 21.3 Å². The van der Waals surface area contributed by atoms with E-state index in [-0.39, 0.29) is 0 Å². The summed E-state index contributed by atoms with van der Waals surface area (Å²) in [5.74, 6) is 0. The fourth-order valence-electron chi connectivity index (χ4n) is 9.26. The minimum atomic E-state index is 0.911. The van der Waals surface area contributed by atoms with Crippen molar-refractivity contribution < 1.29 is 4.42 Å². The number of para-hydroxylation sites is 2. The Morgan fingerprint density at radius 1 is 0.270 bits per heavy atom. The fourth-order valence-corrected chi connectivity index (χ4v) is 9.26. The molecule has 0 spiro atoms. The van der Waals surface area contributed by atoms with Gasteiger partial charge in [0.15, 0.2) is 0 Å². The van der Waals surface area contributed by atoms with E-state index in [2.05, 4.69) is 240 Å². The minimum Gasteiger partial charge on any atom is -0.456 e. The first kappa shape index (κ1) is 36.5. The van der Waals surface area contributed by atoms with Crippen molar-refractivity contribution in [2.45, 2.75) is 0 Å². The summed E-state index contributed by atoms with van der Waals surface area (Å²) >= 11 is 0. The summed E-state index contributed by atoms with van der Waals surface area (Å²) < 4.78 is 8.49. The first-order chi connectivity index (χ1) is 31.2. The van der Waals surface area contributed by atoms with Gasteiger partial charge in [0.2, 0.25) is 0 Å². The molecule has 2 aromatic heterocycles. The van der Waals surface area contributed by atoms with E-state index in [1.807, 2.05) is 12.1 Å². The van der Waals surface area contributed by atoms with Crippen LogP contribution in [0.4, 0.5) is 17.1 Å². The third kappa shape index (κ3) is 6.55. The van der Waals surface area contributed by atoms with Crippen LogP contribution in [0.15, 0.2) is 247 Å². The average molecular weight is 805 g/mol. The zero-order chi connectivity index (χ0) is 41.7. The maximum atomic E-state index is 6.10. The molecule has 0 unspecified atom stereocenters. The quantitative estimate of drug-likeness (QED) is 0.153. The molecule has 0 aliphatic rings. The van der Waals surface area contributed by atoms with Gasteiger partial charge in [-0.1, -0.05) is 158 Å². The van der Waals surface area contributed by atoms with E-state index < -0.39 is 0 Å². The molecule has 3 nitrogen and oxygen atoms in total. The molecule has 0 bridgehead atoms. The Bertz CT molecular complexity index is 3480. The molecule has 0 fully saturated rings. The number of aromatic nitrogens is 1. The van der Waals surface area contributed by atoms with Gasteiger partial charge < -0.3 is 13.9 Å². The minimum absolute atomic E-state index is 0.911. The third-order valence-electron chi connectivity index (χ3n) is 12.4. The van der Waals surface area contributed by atoms with Gasteiger partial charge in [-0.25, -0.2) is 0 Å². The van der Waals surface area contributed by atoms with Crippen LogP contribution in [0.5, 0.6) is 0 Å². The Labute approximate surface area is 366 Å². The van der Waals surface area contributed by atoms with Gasteiger partial charge in [-0.3, -0.25) is 0 Å². The van der Waals surface area contributed by atoms with E-state index in [0.717, 1.165) is 44.7 Å². The van der Waals surface area contributed by atoms with Crippen LogP contribution in [0, 0.1) is 0 Å². The monoisotopic (exact) mass is 804 g/mol. The van der Waals surface area contributed by atoms with Crippen LogP contribution < -0.4 is 4.90 Å². The number of nitrogens with zero attached hydrogens (tertiary/aromatic N) is 2. The molecule has 0 aliphatic heterocycles. The number of fused-ring (bicyclic) bond motifs is 6. The van der Waals surface area contributed by atoms with Crippen molar-refractivity contribution >= 4 is 60.8 Å². The van der Waals surface area contributed by atoms with Gasteiger partial charge in [-0.15, -0.1) is 0 Å². The number of hydrogen-bond acceptors (Lipinski definition) is 2. The lowest BCUT2D eigenvalue weighted by Gasteiger charge is -2.26. The Kier molecular flexibility index (Phi) is 8.83. The molecule has 0 saturated carbocycles. The lowest BCUT2D eigenvalue weighted by atomic mass is 10.0. The van der Waals surface area contributed by atoms with E-state index in [9.17, 15) is 0 Å². The fraction of sp³-hybridized carbons (Fsp3) is 0. The maximum absolute atomic E-state index is 6.10. The Hall–Kier alpha value is -8.40. The second-order valence-corrected chi connectivity index (χ2v) is 16.1. The highest BCUT2D eigenvalue weighted by atomic mass is 16.3. The molecule has 0 amide bonds. The molecule has 0 N–H and O–H groups in total. The van der Waals surface area contributed by atoms with Gasteiger partial charge in [0, 0.05) is 44.3 Å². The van der Waals surface area contributed by atoms with Crippen molar-refractivity contribution in [2.24, 2.45) is 0 Å². The van der Waals surface area contributed by atoms with Crippen LogP contribution in [0.2, 0.25) is 0 Å². The molecular formula is C60H40N2O. The van der Waals surface area contributed by atoms with Gasteiger partial charge in [0.1, 0.15) is 11.2 Å². The van der Waals surface area contributed by atoms with E-state index in [1.54, 1.807) is 0 Å². The van der Waals surface area contributed by atoms with Crippen molar-refractivity contribution in [1.29, 1.82) is 0 Å². The van der Waals surface area contributed by atoms with Crippen LogP contribution in [0.1, 0.15) is 0 Å². The third-order valence-corrected chi connectivity index (χ3v) is 12.4. The van der Waals surface area contributed by atoms with Crippen molar-refractivity contribution in [3.63, 3.8) is 0 Å². The molecule has 3 heteroatoms. The van der Waals surface area contributed by atoms with Gasteiger partial charge >= 0.3 is 0 Å². The lowest BCUT2D eigenvalue weighted by Crippen LogP contribution is -2.09. The summed E-state index contributed by atoms with van der Waals surface area (Å²) in [7, 11) is 0. The zero-order valence-corrected chi connectivity index (χ0v) is 34.4. The predicted molar refractivity (Wildman–Crippen MR) is 264 cm³/mol. The highest BCUT2D eigenvalue weighted by Gasteiger charge is 2.17. The normalized spacial score (nSPS) is 11.5. The van der Waals surface area contributed by atoms with E-state index in [4.69, 9.17) is 4.42 Å². The van der Waals surface area contributed by atoms with Crippen LogP contribution >= 0.6 is 0 Å². The van der Waals surface area contributed by atoms with E-state index in [1.165, 1.54) is 66.3 Å². The summed E-state index contributed by atoms with van der Waals surface area (Å²) in [5, 5.41) is 4.74. The second kappa shape index (κ2) is 15.3. The van der Waals surface area contributed by atoms with Gasteiger partial charge in [-0.05, 0) is 129 Å². The maximum Gasteiger partial charge on any atom is 0.135 e. The second-order valence-electron chi connectivity index (χ2n) is 16.1. The molecule has 12 rings (SSSR count). The molecule has 0 radical (unpaired) electrons. The molecule has 0 atom stereocenters. The number of rotatable bonds is 8. The molecular weight excluding hydrogens is 765 g/mol. The average Bonchev–Trinajstić information content (AvgIpc) is 3.90. The van der Waals surface area contributed by atoms with Gasteiger partial charge in [0.25, 0.3) is 0 Å². The molecule has 296 valence electrons. The first-order valence-corrected chi connectivity index (χ1v) is 21.5. The van der Waals surface area contributed by atoms with Crippen molar-refractivity contribution in [1.82, 2.24) is 4.57 Å². The largest absolute Gasteiger partial charge is 0.456 e. The standard InChI is InChI=1S/C60H40N2O/c1-3-11-41(12-4-1)43-19-29-49(30-20-43)61(50-31-21-44(22-32-50)42-13-5-2-6-14-42)51-33-23-45(24-34-51)47-27-37-58-55(39-47)53-15-7-9-17-57(53)62(58)52-35-25-46(26-36-52)48-28-38-60-56(40-48)54-16-8-10-18-59(54)63-60/h1-40H. The molecule has 0 saturated heterocycles. The molecule has 12 aromatic rings. The van der Waals surface area contributed by atoms with Crippen LogP contribution in [0.25, 0.3) is 93.9 Å². The van der Waals surface area contributed by atoms with Crippen LogP contribution in [0.3, 0.4) is 0 Å². The number of benzene rings is 10. The lowest BCUT2D eigenvalue weighted by molar-refractivity contribution is 0.669. The molecule has 10 aromatic carbocycles. The summed E-state index contributed by atoms with van der Waals surface area (Å²) in [5.41, 5.74) is 18.1. The smallest absolute Gasteiger partial charge is 0.135 e. The van der Waals surface area contributed by atoms with Gasteiger partial charge in [0.05, 0.1) is 11.0 Å². The number of furan rings is 1. The summed E-state index contributed by atoms with van der Waals surface area (Å²) in [6.07, 6.45) is 0. The van der Waals surface area contributed by atoms with E-state index >= 15 is 0 Å². The highest BCUT2D eigenvalue weighted by molar-refractivity contribution is 6.11. The predicted octanol–water partition coefficient (Wildman–Crippen LogP) is 16.8. The van der Waals surface area contributed by atoms with Gasteiger partial charge in [-0.2, -0.15) is 0 Å². The van der Waals surface area contributed by atoms with Crippen molar-refractivity contribution in [3.05, 3.63) is 243 Å². The van der Waals surface area contributed by atoms with E-state index in [0.29, 0.717) is 0 Å². The molecule has 63 heavy (non-hydrogen) atoms. The Morgan fingerprint density at radius 2 is 0.667 bits per heavy atom. The molecule has 0 aliphatic carbocycles. The number of anilines is 3. The number of hydrogen-bond donors (Lipinski definition) is 0. The molecule has 2 heterocycles. The summed E-state index contributed by atoms with van der Waals surface area (Å²) in [4.78, 5) is 2.34. The van der Waals surface area contributed by atoms with Crippen molar-refractivity contribution in [2.75, 3.05) is 4.90 Å². The first-order valence-electron chi connectivity index (χ1n) is 21.5. The summed E-state index contributed by atoms with van der Waals surface area (Å²) in [6.45, 7) is 0. The Morgan fingerprint density at radius 3 is 1.25 bits per heavy atom. The highest BCUT2D eigenvalue weighted by Crippen LogP contribution is 2.40.